The summed E-state index contributed by atoms with van der Waals surface area (Å²) in [5, 5.41) is 10.4. The topological polar surface area (TPSA) is 69.9 Å². The molecule has 0 unspecified atom stereocenters. The first kappa shape index (κ1) is 16.7. The molecule has 0 radical (unpaired) electrons. The van der Waals surface area contributed by atoms with Gasteiger partial charge in [0.1, 0.15) is 16.1 Å². The largest absolute Gasteiger partial charge is 0.304 e. The molecule has 5 nitrogen and oxygen atoms in total. The molecule has 2 heterocycles. The van der Waals surface area contributed by atoms with Gasteiger partial charge in [0.05, 0.1) is 5.56 Å². The standard InChI is InChI=1S/C14H13ClN4OS2/c1-19(11(20)3-4-21-2)14-12(15)18-13(22-14)10-5-9(6-16)7-17-8-10/h5,7-8H,3-4H2,1-2H3. The molecule has 22 heavy (non-hydrogen) atoms. The summed E-state index contributed by atoms with van der Waals surface area (Å²) in [5.74, 6) is 0.760. The van der Waals surface area contributed by atoms with E-state index in [-0.39, 0.29) is 11.1 Å². The maximum absolute atomic E-state index is 12.1. The van der Waals surface area contributed by atoms with Crippen molar-refractivity contribution in [3.63, 3.8) is 0 Å². The minimum Gasteiger partial charge on any atom is -0.304 e. The van der Waals surface area contributed by atoms with E-state index in [0.717, 1.165) is 5.75 Å². The molecule has 2 aromatic heterocycles. The highest BCUT2D eigenvalue weighted by Crippen LogP contribution is 2.37. The summed E-state index contributed by atoms with van der Waals surface area (Å²) in [6.45, 7) is 0. The summed E-state index contributed by atoms with van der Waals surface area (Å²) in [4.78, 5) is 21.9. The number of halogens is 1. The number of pyridine rings is 1. The normalized spacial score (nSPS) is 10.3. The average molecular weight is 353 g/mol. The number of thioether (sulfide) groups is 1. The Morgan fingerprint density at radius 3 is 3.00 bits per heavy atom. The number of anilines is 1. The van der Waals surface area contributed by atoms with Gasteiger partial charge in [-0.25, -0.2) is 4.98 Å². The van der Waals surface area contributed by atoms with E-state index in [2.05, 4.69) is 9.97 Å². The number of carbonyl (C=O) groups excluding carboxylic acids is 1. The summed E-state index contributed by atoms with van der Waals surface area (Å²) in [5.41, 5.74) is 1.16. The first-order valence-corrected chi connectivity index (χ1v) is 8.93. The van der Waals surface area contributed by atoms with Crippen LogP contribution < -0.4 is 4.90 Å². The Kier molecular flexibility index (Phi) is 5.77. The van der Waals surface area contributed by atoms with Crippen molar-refractivity contribution in [1.29, 1.82) is 5.26 Å². The summed E-state index contributed by atoms with van der Waals surface area (Å²) < 4.78 is 0. The van der Waals surface area contributed by atoms with Gasteiger partial charge in [-0.05, 0) is 12.3 Å². The Balaban J connectivity index is 2.28. The first-order valence-electron chi connectivity index (χ1n) is 6.34. The van der Waals surface area contributed by atoms with Crippen molar-refractivity contribution in [1.82, 2.24) is 9.97 Å². The van der Waals surface area contributed by atoms with Crippen LogP contribution in [-0.2, 0) is 4.79 Å². The predicted molar refractivity (Wildman–Crippen MR) is 91.5 cm³/mol. The van der Waals surface area contributed by atoms with Crippen LogP contribution in [0.25, 0.3) is 10.6 Å². The fourth-order valence-electron chi connectivity index (χ4n) is 1.71. The summed E-state index contributed by atoms with van der Waals surface area (Å²) >= 11 is 9.09. The van der Waals surface area contributed by atoms with Crippen molar-refractivity contribution in [3.8, 4) is 16.6 Å². The Morgan fingerprint density at radius 1 is 1.55 bits per heavy atom. The van der Waals surface area contributed by atoms with Gasteiger partial charge in [0.25, 0.3) is 0 Å². The van der Waals surface area contributed by atoms with Crippen molar-refractivity contribution in [3.05, 3.63) is 29.2 Å². The number of nitriles is 1. The maximum Gasteiger partial charge on any atom is 0.228 e. The van der Waals surface area contributed by atoms with Crippen LogP contribution >= 0.6 is 34.7 Å². The van der Waals surface area contributed by atoms with E-state index in [4.69, 9.17) is 16.9 Å². The van der Waals surface area contributed by atoms with Crippen molar-refractivity contribution in [2.24, 2.45) is 0 Å². The van der Waals surface area contributed by atoms with Gasteiger partial charge in [-0.2, -0.15) is 17.0 Å². The highest BCUT2D eigenvalue weighted by atomic mass is 35.5. The molecule has 0 aliphatic carbocycles. The third kappa shape index (κ3) is 3.77. The monoisotopic (exact) mass is 352 g/mol. The molecule has 0 atom stereocenters. The number of thiazole rings is 1. The molecule has 114 valence electrons. The number of hydrogen-bond acceptors (Lipinski definition) is 6. The smallest absolute Gasteiger partial charge is 0.228 e. The SMILES string of the molecule is CSCCC(=O)N(C)c1sc(-c2cncc(C#N)c2)nc1Cl. The van der Waals surface area contributed by atoms with Crippen LogP contribution in [0, 0.1) is 11.3 Å². The molecule has 2 aromatic rings. The van der Waals surface area contributed by atoms with Gasteiger partial charge in [-0.3, -0.25) is 9.78 Å². The minimum absolute atomic E-state index is 0.00431. The molecule has 0 aliphatic rings. The molecule has 2 rings (SSSR count). The highest BCUT2D eigenvalue weighted by Gasteiger charge is 2.19. The van der Waals surface area contributed by atoms with Crippen LogP contribution in [-0.4, -0.2) is 34.9 Å². The fraction of sp³-hybridized carbons (Fsp3) is 0.286. The zero-order valence-corrected chi connectivity index (χ0v) is 14.4. The summed E-state index contributed by atoms with van der Waals surface area (Å²) in [6, 6.07) is 3.73. The second kappa shape index (κ2) is 7.58. The van der Waals surface area contributed by atoms with E-state index in [1.54, 1.807) is 31.1 Å². The Labute approximate surface area is 141 Å². The Hall–Kier alpha value is -1.62. The third-order valence-corrected chi connectivity index (χ3v) is 5.05. The molecule has 8 heteroatoms. The quantitative estimate of drug-likeness (QED) is 0.824. The molecule has 0 aliphatic heterocycles. The van der Waals surface area contributed by atoms with Crippen LogP contribution in [0.3, 0.4) is 0 Å². The number of nitrogens with zero attached hydrogens (tertiary/aromatic N) is 4. The maximum atomic E-state index is 12.1. The fourth-order valence-corrected chi connectivity index (χ4v) is 3.39. The number of amides is 1. The first-order chi connectivity index (χ1) is 10.6. The lowest BCUT2D eigenvalue weighted by Gasteiger charge is -2.14. The van der Waals surface area contributed by atoms with Crippen molar-refractivity contribution >= 4 is 45.6 Å². The van der Waals surface area contributed by atoms with Gasteiger partial charge in [-0.15, -0.1) is 0 Å². The molecular formula is C14H13ClN4OS2. The van der Waals surface area contributed by atoms with Crippen molar-refractivity contribution in [2.45, 2.75) is 6.42 Å². The van der Waals surface area contributed by atoms with E-state index in [1.165, 1.54) is 22.4 Å². The van der Waals surface area contributed by atoms with Crippen LogP contribution in [0.2, 0.25) is 5.15 Å². The second-order valence-electron chi connectivity index (χ2n) is 4.38. The molecule has 1 amide bonds. The van der Waals surface area contributed by atoms with Gasteiger partial charge in [-0.1, -0.05) is 22.9 Å². The van der Waals surface area contributed by atoms with Gasteiger partial charge in [0.15, 0.2) is 5.15 Å². The highest BCUT2D eigenvalue weighted by molar-refractivity contribution is 7.98. The van der Waals surface area contributed by atoms with Crippen LogP contribution in [0.15, 0.2) is 18.5 Å². The molecule has 0 saturated heterocycles. The van der Waals surface area contributed by atoms with Gasteiger partial charge >= 0.3 is 0 Å². The molecule has 0 N–H and O–H groups in total. The van der Waals surface area contributed by atoms with E-state index < -0.39 is 0 Å². The molecule has 0 spiro atoms. The predicted octanol–water partition coefficient (Wildman–Crippen LogP) is 3.45. The van der Waals surface area contributed by atoms with Gasteiger partial charge in [0.2, 0.25) is 5.91 Å². The number of rotatable bonds is 5. The summed E-state index contributed by atoms with van der Waals surface area (Å²) in [7, 11) is 1.69. The molecular weight excluding hydrogens is 340 g/mol. The zero-order chi connectivity index (χ0) is 16.1. The number of hydrogen-bond donors (Lipinski definition) is 0. The lowest BCUT2D eigenvalue weighted by molar-refractivity contribution is -0.117. The number of carbonyl (C=O) groups is 1. The number of aromatic nitrogens is 2. The lowest BCUT2D eigenvalue weighted by Crippen LogP contribution is -2.25. The van der Waals surface area contributed by atoms with E-state index in [0.29, 0.717) is 27.6 Å². The van der Waals surface area contributed by atoms with Crippen molar-refractivity contribution < 1.29 is 4.79 Å². The van der Waals surface area contributed by atoms with Crippen LogP contribution in [0.5, 0.6) is 0 Å². The zero-order valence-electron chi connectivity index (χ0n) is 12.0. The average Bonchev–Trinajstić information content (AvgIpc) is 2.93. The molecule has 0 saturated carbocycles. The van der Waals surface area contributed by atoms with Crippen LogP contribution in [0.4, 0.5) is 5.00 Å². The molecule has 0 bridgehead atoms. The lowest BCUT2D eigenvalue weighted by atomic mass is 10.2. The second-order valence-corrected chi connectivity index (χ2v) is 6.71. The van der Waals surface area contributed by atoms with Gasteiger partial charge < -0.3 is 4.90 Å². The van der Waals surface area contributed by atoms with E-state index >= 15 is 0 Å². The summed E-state index contributed by atoms with van der Waals surface area (Å²) in [6.07, 6.45) is 5.51. The van der Waals surface area contributed by atoms with Crippen molar-refractivity contribution in [2.75, 3.05) is 24.0 Å². The minimum atomic E-state index is -0.00431. The molecule has 0 aromatic carbocycles. The third-order valence-electron chi connectivity index (χ3n) is 2.88. The Bertz CT molecular complexity index is 726. The van der Waals surface area contributed by atoms with E-state index in [9.17, 15) is 4.79 Å². The van der Waals surface area contributed by atoms with Gasteiger partial charge in [0, 0.05) is 37.2 Å². The van der Waals surface area contributed by atoms with E-state index in [1.807, 2.05) is 12.3 Å². The van der Waals surface area contributed by atoms with Crippen LogP contribution in [0.1, 0.15) is 12.0 Å². The Morgan fingerprint density at radius 2 is 2.32 bits per heavy atom. The molecule has 0 fully saturated rings.